The van der Waals surface area contributed by atoms with Crippen LogP contribution in [0.1, 0.15) is 26.1 Å². The zero-order chi connectivity index (χ0) is 14.9. The molecule has 0 spiro atoms. The summed E-state index contributed by atoms with van der Waals surface area (Å²) in [6.07, 6.45) is 1.18. The molecule has 0 radical (unpaired) electrons. The van der Waals surface area contributed by atoms with Crippen LogP contribution in [-0.2, 0) is 0 Å². The third-order valence-electron chi connectivity index (χ3n) is 3.66. The minimum Gasteiger partial charge on any atom is -0.381 e. The lowest BCUT2D eigenvalue weighted by Gasteiger charge is -2.35. The Morgan fingerprint density at radius 3 is 2.86 bits per heavy atom. The van der Waals surface area contributed by atoms with Gasteiger partial charge in [0, 0.05) is 17.5 Å². The second-order valence-electron chi connectivity index (χ2n) is 6.42. The van der Waals surface area contributed by atoms with Gasteiger partial charge in [0.25, 0.3) is 5.89 Å². The molecule has 2 heterocycles. The minimum absolute atomic E-state index is 0.386. The van der Waals surface area contributed by atoms with Crippen molar-refractivity contribution in [3.8, 4) is 11.5 Å². The molecule has 0 bridgehead atoms. The standard InChI is InChI=1S/C16H21N3OS/c1-11-17-15(20-19-11)13-6-4-5-7-14(13)18-12-8-16(2,3)10-21-9-12/h4-7,12,18H,8-10H2,1-3H3. The second-order valence-corrected chi connectivity index (χ2v) is 7.45. The molecule has 1 aromatic heterocycles. The van der Waals surface area contributed by atoms with E-state index in [2.05, 4.69) is 35.4 Å². The van der Waals surface area contributed by atoms with Gasteiger partial charge >= 0.3 is 0 Å². The van der Waals surface area contributed by atoms with E-state index < -0.39 is 0 Å². The SMILES string of the molecule is Cc1noc(-c2ccccc2NC2CSCC(C)(C)C2)n1. The summed E-state index contributed by atoms with van der Waals surface area (Å²) in [6.45, 7) is 6.51. The smallest absolute Gasteiger partial charge is 0.260 e. The van der Waals surface area contributed by atoms with Gasteiger partial charge in [-0.05, 0) is 36.6 Å². The van der Waals surface area contributed by atoms with Crippen LogP contribution < -0.4 is 5.32 Å². The Morgan fingerprint density at radius 2 is 2.14 bits per heavy atom. The van der Waals surface area contributed by atoms with E-state index in [9.17, 15) is 0 Å². The van der Waals surface area contributed by atoms with Gasteiger partial charge < -0.3 is 9.84 Å². The van der Waals surface area contributed by atoms with Gasteiger partial charge in [-0.15, -0.1) is 0 Å². The van der Waals surface area contributed by atoms with Crippen molar-refractivity contribution in [2.24, 2.45) is 5.41 Å². The second kappa shape index (κ2) is 5.72. The van der Waals surface area contributed by atoms with E-state index in [1.807, 2.05) is 36.9 Å². The number of benzene rings is 1. The summed E-state index contributed by atoms with van der Waals surface area (Å²) in [4.78, 5) is 4.34. The number of hydrogen-bond donors (Lipinski definition) is 1. The largest absolute Gasteiger partial charge is 0.381 e. The Labute approximate surface area is 129 Å². The van der Waals surface area contributed by atoms with Crippen molar-refractivity contribution in [1.29, 1.82) is 0 Å². The van der Waals surface area contributed by atoms with Gasteiger partial charge in [0.1, 0.15) is 0 Å². The van der Waals surface area contributed by atoms with Crippen LogP contribution in [-0.4, -0.2) is 27.7 Å². The quantitative estimate of drug-likeness (QED) is 0.929. The molecule has 1 saturated heterocycles. The van der Waals surface area contributed by atoms with Gasteiger partial charge in [0.15, 0.2) is 5.82 Å². The molecule has 1 aliphatic heterocycles. The fourth-order valence-electron chi connectivity index (χ4n) is 2.78. The van der Waals surface area contributed by atoms with Crippen molar-refractivity contribution in [2.45, 2.75) is 33.2 Å². The van der Waals surface area contributed by atoms with E-state index in [-0.39, 0.29) is 0 Å². The fraction of sp³-hybridized carbons (Fsp3) is 0.500. The van der Waals surface area contributed by atoms with Crippen LogP contribution in [0.2, 0.25) is 0 Å². The first-order valence-electron chi connectivity index (χ1n) is 7.27. The van der Waals surface area contributed by atoms with Crippen LogP contribution in [0.4, 0.5) is 5.69 Å². The summed E-state index contributed by atoms with van der Waals surface area (Å²) in [6, 6.07) is 8.62. The number of aromatic nitrogens is 2. The average molecular weight is 303 g/mol. The lowest BCUT2D eigenvalue weighted by molar-refractivity contribution is 0.358. The first kappa shape index (κ1) is 14.4. The van der Waals surface area contributed by atoms with Gasteiger partial charge in [-0.2, -0.15) is 16.7 Å². The Hall–Kier alpha value is -1.49. The summed E-state index contributed by atoms with van der Waals surface area (Å²) in [5.41, 5.74) is 2.44. The van der Waals surface area contributed by atoms with Crippen LogP contribution in [0.25, 0.3) is 11.5 Å². The highest BCUT2D eigenvalue weighted by atomic mass is 32.2. The van der Waals surface area contributed by atoms with Crippen LogP contribution in [0.15, 0.2) is 28.8 Å². The molecule has 4 nitrogen and oxygen atoms in total. The molecule has 1 fully saturated rings. The Morgan fingerprint density at radius 1 is 1.33 bits per heavy atom. The van der Waals surface area contributed by atoms with Gasteiger partial charge in [-0.25, -0.2) is 0 Å². The maximum atomic E-state index is 5.31. The number of para-hydroxylation sites is 1. The maximum absolute atomic E-state index is 5.31. The number of anilines is 1. The number of nitrogens with zero attached hydrogens (tertiary/aromatic N) is 2. The van der Waals surface area contributed by atoms with E-state index in [1.54, 1.807) is 0 Å². The summed E-state index contributed by atoms with van der Waals surface area (Å²) in [5, 5.41) is 7.55. The van der Waals surface area contributed by atoms with Crippen LogP contribution in [0.5, 0.6) is 0 Å². The first-order valence-corrected chi connectivity index (χ1v) is 8.43. The molecule has 1 aliphatic rings. The van der Waals surface area contributed by atoms with Crippen molar-refractivity contribution in [1.82, 2.24) is 10.1 Å². The molecule has 21 heavy (non-hydrogen) atoms. The summed E-state index contributed by atoms with van der Waals surface area (Å²) in [7, 11) is 0. The molecule has 2 aromatic rings. The molecule has 1 atom stereocenters. The molecule has 1 unspecified atom stereocenters. The van der Waals surface area contributed by atoms with Gasteiger partial charge in [0.05, 0.1) is 5.56 Å². The molecule has 0 saturated carbocycles. The number of rotatable bonds is 3. The van der Waals surface area contributed by atoms with Crippen molar-refractivity contribution in [3.63, 3.8) is 0 Å². The molecular formula is C16H21N3OS. The zero-order valence-electron chi connectivity index (χ0n) is 12.7. The monoisotopic (exact) mass is 303 g/mol. The summed E-state index contributed by atoms with van der Waals surface area (Å²) >= 11 is 2.02. The Bertz CT molecular complexity index is 623. The zero-order valence-corrected chi connectivity index (χ0v) is 13.5. The predicted octanol–water partition coefficient (Wildman–Crippen LogP) is 3.99. The highest BCUT2D eigenvalue weighted by Gasteiger charge is 2.28. The highest BCUT2D eigenvalue weighted by Crippen LogP contribution is 2.36. The van der Waals surface area contributed by atoms with Gasteiger partial charge in [-0.3, -0.25) is 0 Å². The number of hydrogen-bond acceptors (Lipinski definition) is 5. The van der Waals surface area contributed by atoms with E-state index >= 15 is 0 Å². The number of thioether (sulfide) groups is 1. The van der Waals surface area contributed by atoms with Crippen molar-refractivity contribution >= 4 is 17.4 Å². The molecule has 3 rings (SSSR count). The molecule has 0 amide bonds. The molecule has 1 N–H and O–H groups in total. The van der Waals surface area contributed by atoms with Crippen molar-refractivity contribution < 1.29 is 4.52 Å². The fourth-order valence-corrected chi connectivity index (χ4v) is 4.05. The van der Waals surface area contributed by atoms with E-state index in [4.69, 9.17) is 4.52 Å². The lowest BCUT2D eigenvalue weighted by atomic mass is 9.87. The maximum Gasteiger partial charge on any atom is 0.260 e. The van der Waals surface area contributed by atoms with Gasteiger partial charge in [-0.1, -0.05) is 31.1 Å². The topological polar surface area (TPSA) is 51.0 Å². The van der Waals surface area contributed by atoms with Gasteiger partial charge in [0.2, 0.25) is 0 Å². The molecule has 5 heteroatoms. The first-order chi connectivity index (χ1) is 10.0. The van der Waals surface area contributed by atoms with Crippen LogP contribution in [0.3, 0.4) is 0 Å². The normalized spacial score (nSPS) is 21.2. The molecular weight excluding hydrogens is 282 g/mol. The summed E-state index contributed by atoms with van der Waals surface area (Å²) < 4.78 is 5.31. The Balaban J connectivity index is 1.83. The molecule has 0 aliphatic carbocycles. The minimum atomic E-state index is 0.386. The third kappa shape index (κ3) is 3.40. The average Bonchev–Trinajstić information content (AvgIpc) is 2.85. The number of aryl methyl sites for hydroxylation is 1. The third-order valence-corrected chi connectivity index (χ3v) is 5.28. The van der Waals surface area contributed by atoms with Crippen LogP contribution >= 0.6 is 11.8 Å². The predicted molar refractivity (Wildman–Crippen MR) is 87.6 cm³/mol. The molecule has 1 aromatic carbocycles. The summed E-state index contributed by atoms with van der Waals surface area (Å²) in [5.74, 6) is 3.61. The number of nitrogens with one attached hydrogen (secondary N) is 1. The lowest BCUT2D eigenvalue weighted by Crippen LogP contribution is -2.35. The van der Waals surface area contributed by atoms with E-state index in [0.29, 0.717) is 23.2 Å². The van der Waals surface area contributed by atoms with E-state index in [0.717, 1.165) is 17.0 Å². The highest BCUT2D eigenvalue weighted by molar-refractivity contribution is 7.99. The van der Waals surface area contributed by atoms with Crippen molar-refractivity contribution in [3.05, 3.63) is 30.1 Å². The van der Waals surface area contributed by atoms with Crippen LogP contribution in [0, 0.1) is 12.3 Å². The molecule has 112 valence electrons. The van der Waals surface area contributed by atoms with E-state index in [1.165, 1.54) is 12.2 Å². The van der Waals surface area contributed by atoms with Crippen molar-refractivity contribution in [2.75, 3.05) is 16.8 Å². The Kier molecular flexibility index (Phi) is 3.93.